The van der Waals surface area contributed by atoms with Gasteiger partial charge >= 0.3 is 0 Å². The van der Waals surface area contributed by atoms with Gasteiger partial charge in [0.2, 0.25) is 5.91 Å². The van der Waals surface area contributed by atoms with Gasteiger partial charge in [-0.1, -0.05) is 20.8 Å². The number of hydrogen-bond acceptors (Lipinski definition) is 3. The predicted octanol–water partition coefficient (Wildman–Crippen LogP) is 1.33. The summed E-state index contributed by atoms with van der Waals surface area (Å²) in [6.07, 6.45) is 1.04. The van der Waals surface area contributed by atoms with Crippen molar-refractivity contribution in [3.8, 4) is 0 Å². The molecule has 1 saturated heterocycles. The second kappa shape index (κ2) is 7.63. The summed E-state index contributed by atoms with van der Waals surface area (Å²) in [4.78, 5) is 11.7. The van der Waals surface area contributed by atoms with Crippen molar-refractivity contribution in [3.63, 3.8) is 0 Å². The maximum Gasteiger partial charge on any atom is 0.226 e. The minimum Gasteiger partial charge on any atom is -0.392 e. The maximum absolute atomic E-state index is 11.7. The molecule has 0 radical (unpaired) electrons. The first-order valence-corrected chi connectivity index (χ1v) is 6.09. The Morgan fingerprint density at radius 2 is 1.94 bits per heavy atom. The smallest absolute Gasteiger partial charge is 0.226 e. The van der Waals surface area contributed by atoms with Crippen molar-refractivity contribution in [2.75, 3.05) is 19.8 Å². The van der Waals surface area contributed by atoms with E-state index in [1.807, 2.05) is 20.8 Å². The normalized spacial score (nSPS) is 20.3. The lowest BCUT2D eigenvalue weighted by molar-refractivity contribution is -0.135. The highest BCUT2D eigenvalue weighted by Crippen LogP contribution is 2.29. The standard InChI is InChI=1S/C10H19NO3.C2H6/c1-8(12)7-11-9(13)10(2)3-5-14-6-4-10;1-2/h8,12H,3-7H2,1-2H3,(H,11,13);1-2H3. The number of hydrogen-bond donors (Lipinski definition) is 2. The molecular formula is C12H25NO3. The number of aliphatic hydroxyl groups is 1. The zero-order valence-electron chi connectivity index (χ0n) is 10.9. The lowest BCUT2D eigenvalue weighted by atomic mass is 9.81. The molecule has 1 aliphatic rings. The molecule has 16 heavy (non-hydrogen) atoms. The molecule has 0 saturated carbocycles. The van der Waals surface area contributed by atoms with Crippen LogP contribution in [0.4, 0.5) is 0 Å². The molecule has 1 amide bonds. The Kier molecular flexibility index (Phi) is 7.34. The zero-order chi connectivity index (χ0) is 12.6. The van der Waals surface area contributed by atoms with Crippen LogP contribution in [0.25, 0.3) is 0 Å². The van der Waals surface area contributed by atoms with E-state index in [0.29, 0.717) is 19.8 Å². The van der Waals surface area contributed by atoms with Gasteiger partial charge in [0, 0.05) is 19.8 Å². The van der Waals surface area contributed by atoms with Gasteiger partial charge < -0.3 is 15.2 Å². The summed E-state index contributed by atoms with van der Waals surface area (Å²) >= 11 is 0. The van der Waals surface area contributed by atoms with Crippen molar-refractivity contribution in [3.05, 3.63) is 0 Å². The predicted molar refractivity (Wildman–Crippen MR) is 64.2 cm³/mol. The molecule has 0 aromatic heterocycles. The van der Waals surface area contributed by atoms with Crippen LogP contribution in [0.5, 0.6) is 0 Å². The van der Waals surface area contributed by atoms with Gasteiger partial charge in [-0.15, -0.1) is 0 Å². The molecule has 1 fully saturated rings. The van der Waals surface area contributed by atoms with E-state index in [2.05, 4.69) is 5.32 Å². The van der Waals surface area contributed by atoms with E-state index >= 15 is 0 Å². The summed E-state index contributed by atoms with van der Waals surface area (Å²) in [7, 11) is 0. The van der Waals surface area contributed by atoms with E-state index < -0.39 is 6.10 Å². The minimum absolute atomic E-state index is 0.0294. The number of rotatable bonds is 3. The van der Waals surface area contributed by atoms with Crippen LogP contribution >= 0.6 is 0 Å². The molecule has 4 nitrogen and oxygen atoms in total. The van der Waals surface area contributed by atoms with Crippen LogP contribution in [0.1, 0.15) is 40.5 Å². The van der Waals surface area contributed by atoms with Gasteiger partial charge in [-0.3, -0.25) is 4.79 Å². The van der Waals surface area contributed by atoms with Crippen molar-refractivity contribution in [2.24, 2.45) is 5.41 Å². The molecule has 1 aliphatic heterocycles. The number of carbonyl (C=O) groups excluding carboxylic acids is 1. The molecule has 0 aromatic rings. The van der Waals surface area contributed by atoms with Crippen LogP contribution < -0.4 is 5.32 Å². The Hall–Kier alpha value is -0.610. The van der Waals surface area contributed by atoms with Crippen molar-refractivity contribution >= 4 is 5.91 Å². The third-order valence-corrected chi connectivity index (χ3v) is 2.70. The second-order valence-electron chi connectivity index (χ2n) is 4.23. The summed E-state index contributed by atoms with van der Waals surface area (Å²) in [6.45, 7) is 9.24. The summed E-state index contributed by atoms with van der Waals surface area (Å²) in [5.41, 5.74) is -0.312. The number of aliphatic hydroxyl groups excluding tert-OH is 1. The highest BCUT2D eigenvalue weighted by Gasteiger charge is 2.34. The first kappa shape index (κ1) is 15.4. The SMILES string of the molecule is CC.CC(O)CNC(=O)C1(C)CCOCC1. The topological polar surface area (TPSA) is 58.6 Å². The van der Waals surface area contributed by atoms with Crippen molar-refractivity contribution < 1.29 is 14.6 Å². The fraction of sp³-hybridized carbons (Fsp3) is 0.917. The van der Waals surface area contributed by atoms with E-state index in [1.165, 1.54) is 0 Å². The number of carbonyl (C=O) groups is 1. The Morgan fingerprint density at radius 1 is 1.44 bits per heavy atom. The minimum atomic E-state index is -0.484. The average molecular weight is 231 g/mol. The Balaban J connectivity index is 0.00000106. The van der Waals surface area contributed by atoms with Crippen LogP contribution in [0.15, 0.2) is 0 Å². The maximum atomic E-state index is 11.7. The number of ether oxygens (including phenoxy) is 1. The Morgan fingerprint density at radius 3 is 2.38 bits per heavy atom. The molecule has 0 aromatic carbocycles. The van der Waals surface area contributed by atoms with E-state index in [-0.39, 0.29) is 11.3 Å². The third kappa shape index (κ3) is 4.94. The lowest BCUT2D eigenvalue weighted by Gasteiger charge is -2.32. The summed E-state index contributed by atoms with van der Waals surface area (Å²) < 4.78 is 5.21. The molecule has 0 bridgehead atoms. The van der Waals surface area contributed by atoms with Crippen LogP contribution in [-0.4, -0.2) is 36.9 Å². The highest BCUT2D eigenvalue weighted by atomic mass is 16.5. The third-order valence-electron chi connectivity index (χ3n) is 2.70. The first-order valence-electron chi connectivity index (χ1n) is 6.09. The molecule has 1 rings (SSSR count). The van der Waals surface area contributed by atoms with Gasteiger partial charge in [0.25, 0.3) is 0 Å². The van der Waals surface area contributed by atoms with Crippen molar-refractivity contribution in [1.29, 1.82) is 0 Å². The molecule has 0 aliphatic carbocycles. The van der Waals surface area contributed by atoms with Crippen LogP contribution in [0.2, 0.25) is 0 Å². The number of amides is 1. The largest absolute Gasteiger partial charge is 0.392 e. The molecule has 0 spiro atoms. The Labute approximate surface area is 98.4 Å². The van der Waals surface area contributed by atoms with Gasteiger partial charge in [0.05, 0.1) is 11.5 Å². The molecule has 96 valence electrons. The van der Waals surface area contributed by atoms with E-state index in [0.717, 1.165) is 12.8 Å². The van der Waals surface area contributed by atoms with Gasteiger partial charge in [0.15, 0.2) is 0 Å². The molecule has 1 unspecified atom stereocenters. The fourth-order valence-electron chi connectivity index (χ4n) is 1.50. The van der Waals surface area contributed by atoms with Gasteiger partial charge in [-0.05, 0) is 19.8 Å². The zero-order valence-corrected chi connectivity index (χ0v) is 10.9. The van der Waals surface area contributed by atoms with Crippen molar-refractivity contribution in [1.82, 2.24) is 5.32 Å². The van der Waals surface area contributed by atoms with E-state index in [1.54, 1.807) is 6.92 Å². The van der Waals surface area contributed by atoms with Gasteiger partial charge in [-0.2, -0.15) is 0 Å². The quantitative estimate of drug-likeness (QED) is 0.770. The molecule has 4 heteroatoms. The van der Waals surface area contributed by atoms with E-state index in [4.69, 9.17) is 9.84 Å². The molecule has 1 heterocycles. The molecule has 1 atom stereocenters. The monoisotopic (exact) mass is 231 g/mol. The highest BCUT2D eigenvalue weighted by molar-refractivity contribution is 5.82. The summed E-state index contributed by atoms with van der Waals surface area (Å²) in [6, 6.07) is 0. The van der Waals surface area contributed by atoms with Crippen LogP contribution in [0, 0.1) is 5.41 Å². The molecular weight excluding hydrogens is 206 g/mol. The van der Waals surface area contributed by atoms with Gasteiger partial charge in [0.1, 0.15) is 0 Å². The Bertz CT molecular complexity index is 198. The first-order chi connectivity index (χ1) is 7.54. The lowest BCUT2D eigenvalue weighted by Crippen LogP contribution is -2.44. The fourth-order valence-corrected chi connectivity index (χ4v) is 1.50. The average Bonchev–Trinajstić information content (AvgIpc) is 2.29. The van der Waals surface area contributed by atoms with Crippen LogP contribution in [0.3, 0.4) is 0 Å². The van der Waals surface area contributed by atoms with E-state index in [9.17, 15) is 4.79 Å². The molecule has 2 N–H and O–H groups in total. The second-order valence-corrected chi connectivity index (χ2v) is 4.23. The van der Waals surface area contributed by atoms with Crippen molar-refractivity contribution in [2.45, 2.75) is 46.6 Å². The van der Waals surface area contributed by atoms with Gasteiger partial charge in [-0.25, -0.2) is 0 Å². The number of nitrogens with one attached hydrogen (secondary N) is 1. The van der Waals surface area contributed by atoms with Crippen LogP contribution in [-0.2, 0) is 9.53 Å². The summed E-state index contributed by atoms with van der Waals surface area (Å²) in [5, 5.41) is 11.8. The summed E-state index contributed by atoms with van der Waals surface area (Å²) in [5.74, 6) is 0.0294.